The van der Waals surface area contributed by atoms with Crippen LogP contribution >= 0.6 is 0 Å². The number of nitrogens with zero attached hydrogens (tertiary/aromatic N) is 5. The summed E-state index contributed by atoms with van der Waals surface area (Å²) in [4.78, 5) is 13.8. The number of piperidine rings is 1. The molecule has 198 valence electrons. The predicted octanol–water partition coefficient (Wildman–Crippen LogP) is 5.42. The third kappa shape index (κ3) is 5.31. The Hall–Kier alpha value is -4.37. The van der Waals surface area contributed by atoms with Gasteiger partial charge in [0, 0.05) is 43.8 Å². The molecule has 0 aliphatic carbocycles. The highest BCUT2D eigenvalue weighted by Gasteiger charge is 2.18. The van der Waals surface area contributed by atoms with Crippen LogP contribution in [0, 0.1) is 12.7 Å². The molecule has 5 aromatic rings. The Bertz CT molecular complexity index is 1630. The Balaban J connectivity index is 1.34. The van der Waals surface area contributed by atoms with Crippen LogP contribution in [0.3, 0.4) is 0 Å². The van der Waals surface area contributed by atoms with Crippen molar-refractivity contribution in [1.29, 1.82) is 0 Å². The topological polar surface area (TPSA) is 89.8 Å². The third-order valence-corrected chi connectivity index (χ3v) is 7.04. The summed E-state index contributed by atoms with van der Waals surface area (Å²) in [5, 5.41) is 13.1. The van der Waals surface area contributed by atoms with Crippen molar-refractivity contribution in [2.75, 3.05) is 18.4 Å². The lowest BCUT2D eigenvalue weighted by atomic mass is 9.98. The fraction of sp³-hybridized carbons (Fsp3) is 0.267. The van der Waals surface area contributed by atoms with Gasteiger partial charge in [0.2, 0.25) is 11.8 Å². The van der Waals surface area contributed by atoms with E-state index >= 15 is 0 Å². The number of anilines is 1. The molecule has 0 unspecified atom stereocenters. The first-order chi connectivity index (χ1) is 19.0. The van der Waals surface area contributed by atoms with E-state index in [2.05, 4.69) is 31.8 Å². The van der Waals surface area contributed by atoms with Gasteiger partial charge in [-0.05, 0) is 61.0 Å². The average Bonchev–Trinajstić information content (AvgIpc) is 3.27. The van der Waals surface area contributed by atoms with Gasteiger partial charge >= 0.3 is 0 Å². The minimum absolute atomic E-state index is 0.297. The second-order valence-corrected chi connectivity index (χ2v) is 9.91. The van der Waals surface area contributed by atoms with E-state index in [9.17, 15) is 4.39 Å². The summed E-state index contributed by atoms with van der Waals surface area (Å²) in [6.07, 6.45) is 7.45. The van der Waals surface area contributed by atoms with Gasteiger partial charge in [-0.3, -0.25) is 4.68 Å². The number of hydrogen-bond acceptors (Lipinski definition) is 7. The van der Waals surface area contributed by atoms with Gasteiger partial charge in [0.15, 0.2) is 5.82 Å². The van der Waals surface area contributed by atoms with Crippen LogP contribution in [0.25, 0.3) is 22.0 Å². The molecule has 3 aromatic heterocycles. The van der Waals surface area contributed by atoms with E-state index in [0.29, 0.717) is 35.7 Å². The predicted molar refractivity (Wildman–Crippen MR) is 150 cm³/mol. The molecular formula is C30H30FN7O. The molecule has 0 saturated carbocycles. The number of ether oxygens (including phenoxy) is 1. The van der Waals surface area contributed by atoms with Crippen LogP contribution in [0.2, 0.25) is 0 Å². The maximum Gasteiger partial charge on any atom is 0.228 e. The molecule has 0 amide bonds. The fourth-order valence-corrected chi connectivity index (χ4v) is 5.10. The molecule has 1 aliphatic heterocycles. The van der Waals surface area contributed by atoms with Gasteiger partial charge in [0.25, 0.3) is 0 Å². The number of aromatic nitrogens is 5. The van der Waals surface area contributed by atoms with Crippen molar-refractivity contribution >= 4 is 16.7 Å². The zero-order valence-electron chi connectivity index (χ0n) is 22.0. The Morgan fingerprint density at radius 3 is 2.82 bits per heavy atom. The zero-order chi connectivity index (χ0) is 26.8. The van der Waals surface area contributed by atoms with E-state index in [-0.39, 0.29) is 5.82 Å². The highest BCUT2D eigenvalue weighted by Crippen LogP contribution is 2.38. The molecule has 0 radical (unpaired) electrons. The lowest BCUT2D eigenvalue weighted by Gasteiger charge is -2.23. The third-order valence-electron chi connectivity index (χ3n) is 7.04. The maximum atomic E-state index is 14.4. The van der Waals surface area contributed by atoms with Crippen molar-refractivity contribution in [2.24, 2.45) is 7.05 Å². The van der Waals surface area contributed by atoms with E-state index in [1.807, 2.05) is 49.4 Å². The fourth-order valence-electron chi connectivity index (χ4n) is 5.10. The van der Waals surface area contributed by atoms with Gasteiger partial charge in [-0.25, -0.2) is 19.3 Å². The monoisotopic (exact) mass is 523 g/mol. The van der Waals surface area contributed by atoms with E-state index in [0.717, 1.165) is 59.1 Å². The van der Waals surface area contributed by atoms with Gasteiger partial charge in [0.05, 0.1) is 17.5 Å². The van der Waals surface area contributed by atoms with Crippen molar-refractivity contribution in [2.45, 2.75) is 32.2 Å². The zero-order valence-corrected chi connectivity index (χ0v) is 22.0. The minimum atomic E-state index is -0.310. The first-order valence-corrected chi connectivity index (χ1v) is 13.2. The largest absolute Gasteiger partial charge is 0.437 e. The molecule has 6 rings (SSSR count). The van der Waals surface area contributed by atoms with Crippen LogP contribution in [-0.2, 0) is 13.5 Å². The molecular weight excluding hydrogens is 493 g/mol. The number of nitrogens with one attached hydrogen (secondary N) is 2. The molecule has 2 N–H and O–H groups in total. The molecule has 9 heteroatoms. The van der Waals surface area contributed by atoms with Crippen LogP contribution in [0.15, 0.2) is 67.1 Å². The van der Waals surface area contributed by atoms with Crippen LogP contribution in [0.4, 0.5) is 10.3 Å². The first-order valence-electron chi connectivity index (χ1n) is 13.2. The van der Waals surface area contributed by atoms with Gasteiger partial charge in [-0.15, -0.1) is 0 Å². The minimum Gasteiger partial charge on any atom is -0.437 e. The van der Waals surface area contributed by atoms with Gasteiger partial charge in [-0.1, -0.05) is 30.3 Å². The molecule has 0 spiro atoms. The lowest BCUT2D eigenvalue weighted by molar-refractivity contribution is 0.466. The summed E-state index contributed by atoms with van der Waals surface area (Å²) in [5.41, 5.74) is 3.85. The number of fused-ring (bicyclic) bond motifs is 1. The van der Waals surface area contributed by atoms with E-state index in [1.54, 1.807) is 19.4 Å². The Labute approximate surface area is 226 Å². The van der Waals surface area contributed by atoms with Crippen molar-refractivity contribution in [3.8, 4) is 22.9 Å². The average molecular weight is 524 g/mol. The smallest absolute Gasteiger partial charge is 0.228 e. The second kappa shape index (κ2) is 10.8. The summed E-state index contributed by atoms with van der Waals surface area (Å²) in [6.45, 7) is 3.95. The summed E-state index contributed by atoms with van der Waals surface area (Å²) in [6, 6.07) is 16.0. The highest BCUT2D eigenvalue weighted by atomic mass is 19.1. The number of rotatable bonds is 7. The molecule has 4 heterocycles. The number of hydrogen-bond donors (Lipinski definition) is 2. The van der Waals surface area contributed by atoms with E-state index < -0.39 is 0 Å². The Kier molecular flexibility index (Phi) is 6.89. The molecule has 1 atom stereocenters. The number of benzene rings is 2. The van der Waals surface area contributed by atoms with Gasteiger partial charge in [-0.2, -0.15) is 5.10 Å². The molecule has 39 heavy (non-hydrogen) atoms. The molecule has 0 bridgehead atoms. The Morgan fingerprint density at radius 2 is 2.00 bits per heavy atom. The van der Waals surface area contributed by atoms with Crippen molar-refractivity contribution in [1.82, 2.24) is 30.0 Å². The van der Waals surface area contributed by atoms with E-state index in [4.69, 9.17) is 9.72 Å². The van der Waals surface area contributed by atoms with Crippen LogP contribution in [-0.4, -0.2) is 43.9 Å². The SMILES string of the molecule is Cc1ccc2c(Cc3nn(C)cc3F)cccc2c1Oc1ncccc1-c1ccnc(N[C@H]2CCCNC2)n1. The molecule has 1 saturated heterocycles. The van der Waals surface area contributed by atoms with Crippen LogP contribution < -0.4 is 15.4 Å². The molecule has 8 nitrogen and oxygen atoms in total. The first kappa shape index (κ1) is 24.9. The van der Waals surface area contributed by atoms with Crippen molar-refractivity contribution in [3.05, 3.63) is 89.8 Å². The maximum absolute atomic E-state index is 14.4. The van der Waals surface area contributed by atoms with Gasteiger partial charge < -0.3 is 15.4 Å². The summed E-state index contributed by atoms with van der Waals surface area (Å²) >= 11 is 0. The number of aryl methyl sites for hydroxylation is 2. The van der Waals surface area contributed by atoms with E-state index in [1.165, 1.54) is 10.9 Å². The molecule has 1 aliphatic rings. The van der Waals surface area contributed by atoms with Gasteiger partial charge in [0.1, 0.15) is 11.4 Å². The van der Waals surface area contributed by atoms with Crippen molar-refractivity contribution in [3.63, 3.8) is 0 Å². The van der Waals surface area contributed by atoms with Crippen molar-refractivity contribution < 1.29 is 9.13 Å². The number of halogens is 1. The number of pyridine rings is 1. The summed E-state index contributed by atoms with van der Waals surface area (Å²) in [7, 11) is 1.72. The standard InChI is InChI=1S/C30H30FN7O/c1-19-10-11-22-20(16-27-25(31)18-38(2)37-27)6-3-8-23(22)28(19)39-29-24(9-5-14-33-29)26-12-15-34-30(36-26)35-21-7-4-13-32-17-21/h3,5-6,8-12,14-15,18,21,32H,4,7,13,16-17H2,1-2H3,(H,34,35,36)/t21-/m0/s1. The van der Waals surface area contributed by atoms with Crippen LogP contribution in [0.1, 0.15) is 29.7 Å². The second-order valence-electron chi connectivity index (χ2n) is 9.91. The quantitative estimate of drug-likeness (QED) is 0.294. The lowest BCUT2D eigenvalue weighted by Crippen LogP contribution is -2.38. The molecule has 1 fully saturated rings. The summed E-state index contributed by atoms with van der Waals surface area (Å²) < 4.78 is 22.4. The van der Waals surface area contributed by atoms with Crippen LogP contribution in [0.5, 0.6) is 11.6 Å². The molecule has 2 aromatic carbocycles. The Morgan fingerprint density at radius 1 is 1.08 bits per heavy atom. The summed E-state index contributed by atoms with van der Waals surface area (Å²) in [5.74, 6) is 1.44. The normalized spacial score (nSPS) is 15.4. The highest BCUT2D eigenvalue weighted by molar-refractivity contribution is 5.92.